The number of para-hydroxylation sites is 1. The van der Waals surface area contributed by atoms with Gasteiger partial charge in [0.1, 0.15) is 11.4 Å². The molecule has 1 aliphatic heterocycles. The maximum Gasteiger partial charge on any atom is 0.266 e. The lowest BCUT2D eigenvalue weighted by molar-refractivity contribution is -0.122. The lowest BCUT2D eigenvalue weighted by atomic mass is 10.2. The number of halogens is 1. The zero-order valence-corrected chi connectivity index (χ0v) is 15.3. The maximum atomic E-state index is 12.7. The number of nitrogens with zero attached hydrogens (tertiary/aromatic N) is 3. The molecule has 0 N–H and O–H groups in total. The number of likely N-dealkylation sites (N-methyl/N-ethyl adjacent to an activating group) is 1. The summed E-state index contributed by atoms with van der Waals surface area (Å²) in [7, 11) is 1.61. The Labute approximate surface area is 155 Å². The molecule has 0 radical (unpaired) electrons. The Balaban J connectivity index is 1.98. The van der Waals surface area contributed by atoms with Gasteiger partial charge in [0.05, 0.1) is 12.0 Å². The summed E-state index contributed by atoms with van der Waals surface area (Å²) in [4.78, 5) is 23.4. The predicted molar refractivity (Wildman–Crippen MR) is 102 cm³/mol. The molecule has 1 amide bonds. The second-order valence-electron chi connectivity index (χ2n) is 5.11. The zero-order chi connectivity index (χ0) is 17.8. The molecule has 1 aliphatic rings. The first kappa shape index (κ1) is 17.5. The number of carbonyl (C=O) groups is 1. The van der Waals surface area contributed by atoms with Gasteiger partial charge in [-0.1, -0.05) is 29.8 Å². The van der Waals surface area contributed by atoms with Crippen LogP contribution in [0.15, 0.2) is 52.5 Å². The van der Waals surface area contributed by atoms with E-state index in [0.717, 1.165) is 5.56 Å². The molecular formula is C18H16ClN3O2S. The van der Waals surface area contributed by atoms with Crippen molar-refractivity contribution in [3.05, 3.63) is 58.2 Å². The van der Waals surface area contributed by atoms with Crippen molar-refractivity contribution < 1.29 is 9.53 Å². The molecule has 0 unspecified atom stereocenters. The minimum Gasteiger partial charge on any atom is -0.496 e. The number of hydrogen-bond donors (Lipinski definition) is 0. The fourth-order valence-electron chi connectivity index (χ4n) is 2.36. The van der Waals surface area contributed by atoms with Gasteiger partial charge in [-0.05, 0) is 43.0 Å². The smallest absolute Gasteiger partial charge is 0.266 e. The third-order valence-corrected chi connectivity index (χ3v) is 4.88. The Morgan fingerprint density at radius 3 is 2.84 bits per heavy atom. The second kappa shape index (κ2) is 7.72. The number of carbonyl (C=O) groups excluding carboxylic acids is 1. The first-order valence-electron chi connectivity index (χ1n) is 7.67. The monoisotopic (exact) mass is 373 g/mol. The maximum absolute atomic E-state index is 12.7. The van der Waals surface area contributed by atoms with Crippen LogP contribution in [0.1, 0.15) is 12.5 Å². The van der Waals surface area contributed by atoms with Crippen LogP contribution in [0.3, 0.4) is 0 Å². The number of aliphatic imine (C=N–C) groups is 1. The number of rotatable bonds is 4. The van der Waals surface area contributed by atoms with Gasteiger partial charge < -0.3 is 4.74 Å². The van der Waals surface area contributed by atoms with E-state index >= 15 is 0 Å². The minimum absolute atomic E-state index is 0.0860. The number of aromatic nitrogens is 1. The number of hydrogen-bond acceptors (Lipinski definition) is 5. The Bertz CT molecular complexity index is 867. The van der Waals surface area contributed by atoms with Gasteiger partial charge in [-0.2, -0.15) is 0 Å². The molecule has 1 aromatic heterocycles. The van der Waals surface area contributed by atoms with Crippen LogP contribution < -0.4 is 4.74 Å². The van der Waals surface area contributed by atoms with E-state index in [2.05, 4.69) is 9.98 Å². The molecule has 7 heteroatoms. The highest BCUT2D eigenvalue weighted by Crippen LogP contribution is 2.36. The molecule has 1 fully saturated rings. The van der Waals surface area contributed by atoms with Crippen molar-refractivity contribution in [2.24, 2.45) is 4.99 Å². The Morgan fingerprint density at radius 2 is 2.12 bits per heavy atom. The second-order valence-corrected chi connectivity index (χ2v) is 6.48. The SMILES string of the molecule is CCN1C(=O)/C(=C/c2ccccc2OC)SC1=Nc1cccnc1Cl. The Kier molecular flexibility index (Phi) is 5.40. The summed E-state index contributed by atoms with van der Waals surface area (Å²) in [6.45, 7) is 2.43. The van der Waals surface area contributed by atoms with Crippen molar-refractivity contribution in [1.29, 1.82) is 0 Å². The van der Waals surface area contributed by atoms with Crippen LogP contribution in [-0.2, 0) is 4.79 Å². The molecule has 0 saturated carbocycles. The molecule has 0 aliphatic carbocycles. The fourth-order valence-corrected chi connectivity index (χ4v) is 3.57. The third kappa shape index (κ3) is 3.70. The summed E-state index contributed by atoms with van der Waals surface area (Å²) < 4.78 is 5.35. The standard InChI is InChI=1S/C18H16ClN3O2S/c1-3-22-17(23)15(11-12-7-4-5-9-14(12)24-2)25-18(22)21-13-8-6-10-20-16(13)19/h4-11H,3H2,1-2H3/b15-11-,21-18?. The molecule has 1 saturated heterocycles. The van der Waals surface area contributed by atoms with E-state index < -0.39 is 0 Å². The van der Waals surface area contributed by atoms with Crippen LogP contribution in [0.4, 0.5) is 5.69 Å². The molecular weight excluding hydrogens is 358 g/mol. The highest BCUT2D eigenvalue weighted by molar-refractivity contribution is 8.18. The molecule has 0 atom stereocenters. The Hall–Kier alpha value is -2.31. The average Bonchev–Trinajstić information content (AvgIpc) is 2.92. The van der Waals surface area contributed by atoms with Crippen molar-refractivity contribution in [1.82, 2.24) is 9.88 Å². The van der Waals surface area contributed by atoms with Gasteiger partial charge in [-0.25, -0.2) is 9.98 Å². The molecule has 2 aromatic rings. The van der Waals surface area contributed by atoms with Crippen molar-refractivity contribution in [2.45, 2.75) is 6.92 Å². The highest BCUT2D eigenvalue weighted by atomic mass is 35.5. The molecule has 1 aromatic carbocycles. The quantitative estimate of drug-likeness (QED) is 0.590. The Morgan fingerprint density at radius 1 is 1.32 bits per heavy atom. The first-order chi connectivity index (χ1) is 12.1. The van der Waals surface area contributed by atoms with E-state index in [1.165, 1.54) is 11.8 Å². The molecule has 0 bridgehead atoms. The fraction of sp³-hybridized carbons (Fsp3) is 0.167. The molecule has 3 rings (SSSR count). The van der Waals surface area contributed by atoms with Crippen LogP contribution in [-0.4, -0.2) is 34.6 Å². The summed E-state index contributed by atoms with van der Waals surface area (Å²) in [5.41, 5.74) is 1.38. The number of ether oxygens (including phenoxy) is 1. The number of amides is 1. The molecule has 128 valence electrons. The van der Waals surface area contributed by atoms with Gasteiger partial charge in [-0.15, -0.1) is 0 Å². The summed E-state index contributed by atoms with van der Waals surface area (Å²) in [6.07, 6.45) is 3.42. The molecule has 5 nitrogen and oxygen atoms in total. The summed E-state index contributed by atoms with van der Waals surface area (Å²) in [5.74, 6) is 0.629. The number of amidine groups is 1. The average molecular weight is 374 g/mol. The minimum atomic E-state index is -0.0860. The highest BCUT2D eigenvalue weighted by Gasteiger charge is 2.32. The molecule has 25 heavy (non-hydrogen) atoms. The van der Waals surface area contributed by atoms with Crippen molar-refractivity contribution in [3.8, 4) is 5.75 Å². The van der Waals surface area contributed by atoms with Crippen molar-refractivity contribution >= 4 is 46.2 Å². The van der Waals surface area contributed by atoms with Crippen LogP contribution in [0.5, 0.6) is 5.75 Å². The molecule has 0 spiro atoms. The molecule has 2 heterocycles. The van der Waals surface area contributed by atoms with Gasteiger partial charge in [0, 0.05) is 18.3 Å². The summed E-state index contributed by atoms with van der Waals surface area (Å²) in [6, 6.07) is 11.1. The summed E-state index contributed by atoms with van der Waals surface area (Å²) >= 11 is 7.39. The van der Waals surface area contributed by atoms with Crippen molar-refractivity contribution in [2.75, 3.05) is 13.7 Å². The van der Waals surface area contributed by atoms with Gasteiger partial charge >= 0.3 is 0 Å². The van der Waals surface area contributed by atoms with Crippen molar-refractivity contribution in [3.63, 3.8) is 0 Å². The normalized spacial score (nSPS) is 17.6. The number of thioether (sulfide) groups is 1. The van der Waals surface area contributed by atoms with Crippen LogP contribution >= 0.6 is 23.4 Å². The largest absolute Gasteiger partial charge is 0.496 e. The van der Waals surface area contributed by atoms with E-state index in [1.54, 1.807) is 30.3 Å². The number of methoxy groups -OCH3 is 1. The van der Waals surface area contributed by atoms with E-state index in [4.69, 9.17) is 16.3 Å². The summed E-state index contributed by atoms with van der Waals surface area (Å²) in [5, 5.41) is 0.893. The van der Waals surface area contributed by atoms with E-state index in [0.29, 0.717) is 33.2 Å². The third-order valence-electron chi connectivity index (χ3n) is 3.59. The lowest BCUT2D eigenvalue weighted by Crippen LogP contribution is -2.28. The van der Waals surface area contributed by atoms with Gasteiger partial charge in [-0.3, -0.25) is 9.69 Å². The van der Waals surface area contributed by atoms with Crippen LogP contribution in [0.2, 0.25) is 5.15 Å². The zero-order valence-electron chi connectivity index (χ0n) is 13.8. The van der Waals surface area contributed by atoms with E-state index in [-0.39, 0.29) is 5.91 Å². The van der Waals surface area contributed by atoms with Crippen LogP contribution in [0.25, 0.3) is 6.08 Å². The van der Waals surface area contributed by atoms with Gasteiger partial charge in [0.2, 0.25) is 0 Å². The number of pyridine rings is 1. The predicted octanol–water partition coefficient (Wildman–Crippen LogP) is 4.37. The van der Waals surface area contributed by atoms with Crippen LogP contribution in [0, 0.1) is 0 Å². The lowest BCUT2D eigenvalue weighted by Gasteiger charge is -2.12. The number of benzene rings is 1. The van der Waals surface area contributed by atoms with E-state index in [1.807, 2.05) is 37.3 Å². The van der Waals surface area contributed by atoms with E-state index in [9.17, 15) is 4.79 Å². The van der Waals surface area contributed by atoms with Gasteiger partial charge in [0.25, 0.3) is 5.91 Å². The first-order valence-corrected chi connectivity index (χ1v) is 8.87. The van der Waals surface area contributed by atoms with Gasteiger partial charge in [0.15, 0.2) is 10.3 Å². The topological polar surface area (TPSA) is 54.8 Å².